The Morgan fingerprint density at radius 1 is 0.727 bits per heavy atom. The summed E-state index contributed by atoms with van der Waals surface area (Å²) in [5, 5.41) is 19.4. The van der Waals surface area contributed by atoms with Gasteiger partial charge in [0, 0.05) is 10.8 Å². The number of rotatable bonds is 2. The summed E-state index contributed by atoms with van der Waals surface area (Å²) in [7, 11) is 0. The Bertz CT molecular complexity index is 802. The predicted octanol–water partition coefficient (Wildman–Crippen LogP) is 3.21. The fourth-order valence-corrected chi connectivity index (χ4v) is 2.01. The first-order chi connectivity index (χ1) is 10.6. The number of hydrogen-bond acceptors (Lipinski definition) is 4. The molecule has 0 aliphatic heterocycles. The van der Waals surface area contributed by atoms with Crippen molar-refractivity contribution in [3.63, 3.8) is 0 Å². The van der Waals surface area contributed by atoms with Crippen molar-refractivity contribution >= 4 is 33.7 Å². The third kappa shape index (κ3) is 2.71. The second-order valence-electron chi connectivity index (χ2n) is 4.21. The van der Waals surface area contributed by atoms with E-state index in [4.69, 9.17) is 10.2 Å². The van der Waals surface area contributed by atoms with Crippen LogP contribution in [-0.2, 0) is 0 Å². The minimum Gasteiger partial charge on any atom is -0.477 e. The average molecular weight is 298 g/mol. The molecule has 112 valence electrons. The highest BCUT2D eigenvalue weighted by Gasteiger charge is 2.11. The zero-order valence-corrected chi connectivity index (χ0v) is 12.1. The highest BCUT2D eigenvalue weighted by atomic mass is 16.4. The summed E-state index contributed by atoms with van der Waals surface area (Å²) in [4.78, 5) is 30.1. The zero-order chi connectivity index (χ0) is 16.3. The van der Waals surface area contributed by atoms with Crippen LogP contribution in [0.2, 0.25) is 0 Å². The van der Waals surface area contributed by atoms with Crippen molar-refractivity contribution in [3.05, 3.63) is 47.8 Å². The molecule has 6 heteroatoms. The van der Waals surface area contributed by atoms with E-state index >= 15 is 0 Å². The summed E-state index contributed by atoms with van der Waals surface area (Å²) in [6.45, 7) is 4.00. The summed E-state index contributed by atoms with van der Waals surface area (Å²) >= 11 is 0. The molecule has 0 unspecified atom stereocenters. The van der Waals surface area contributed by atoms with Crippen LogP contribution in [0.3, 0.4) is 0 Å². The summed E-state index contributed by atoms with van der Waals surface area (Å²) in [6, 6.07) is 9.63. The van der Waals surface area contributed by atoms with Gasteiger partial charge in [0.15, 0.2) is 0 Å². The Morgan fingerprint density at radius 2 is 1.05 bits per heavy atom. The van der Waals surface area contributed by atoms with E-state index in [-0.39, 0.29) is 11.4 Å². The number of pyridine rings is 2. The molecule has 0 amide bonds. The van der Waals surface area contributed by atoms with Gasteiger partial charge in [0.05, 0.1) is 11.0 Å². The number of carbonyl (C=O) groups is 2. The highest BCUT2D eigenvalue weighted by molar-refractivity contribution is 6.05. The number of nitrogens with zero attached hydrogens (tertiary/aromatic N) is 2. The van der Waals surface area contributed by atoms with Crippen molar-refractivity contribution in [2.24, 2.45) is 0 Å². The van der Waals surface area contributed by atoms with E-state index < -0.39 is 11.9 Å². The summed E-state index contributed by atoms with van der Waals surface area (Å²) in [6.07, 6.45) is 0. The minimum atomic E-state index is -1.14. The fourth-order valence-electron chi connectivity index (χ4n) is 2.01. The monoisotopic (exact) mass is 298 g/mol. The molecule has 1 aromatic carbocycles. The average Bonchev–Trinajstić information content (AvgIpc) is 2.55. The van der Waals surface area contributed by atoms with Gasteiger partial charge in [-0.05, 0) is 12.1 Å². The Kier molecular flexibility index (Phi) is 4.31. The van der Waals surface area contributed by atoms with Crippen LogP contribution >= 0.6 is 0 Å². The maximum atomic E-state index is 11.0. The molecule has 0 saturated carbocycles. The number of fused-ring (bicyclic) bond motifs is 3. The maximum absolute atomic E-state index is 11.0. The number of hydrogen-bond donors (Lipinski definition) is 2. The lowest BCUT2D eigenvalue weighted by molar-refractivity contribution is 0.0680. The van der Waals surface area contributed by atoms with Crippen LogP contribution in [0.1, 0.15) is 34.8 Å². The molecule has 3 rings (SSSR count). The molecule has 0 bridgehead atoms. The van der Waals surface area contributed by atoms with Crippen molar-refractivity contribution < 1.29 is 19.8 Å². The van der Waals surface area contributed by atoms with Crippen LogP contribution in [-0.4, -0.2) is 32.1 Å². The smallest absolute Gasteiger partial charge is 0.354 e. The molecule has 0 saturated heterocycles. The SMILES string of the molecule is CC.O=C(O)c1ccc2ccc3ccc(C(=O)O)nc3c2n1. The molecular formula is C16H14N2O4. The topological polar surface area (TPSA) is 100 Å². The molecule has 3 aromatic rings. The third-order valence-corrected chi connectivity index (χ3v) is 2.96. The summed E-state index contributed by atoms with van der Waals surface area (Å²) in [5.74, 6) is -2.28. The van der Waals surface area contributed by atoms with Crippen molar-refractivity contribution in [2.75, 3.05) is 0 Å². The van der Waals surface area contributed by atoms with Gasteiger partial charge in [-0.25, -0.2) is 19.6 Å². The number of carboxylic acid groups (broad SMARTS) is 2. The zero-order valence-electron chi connectivity index (χ0n) is 12.1. The summed E-state index contributed by atoms with van der Waals surface area (Å²) in [5.41, 5.74) is 0.552. The molecule has 0 aliphatic rings. The van der Waals surface area contributed by atoms with Crippen molar-refractivity contribution in [1.29, 1.82) is 0 Å². The van der Waals surface area contributed by atoms with E-state index in [1.165, 1.54) is 12.1 Å². The molecular weight excluding hydrogens is 284 g/mol. The number of benzene rings is 1. The fraction of sp³-hybridized carbons (Fsp3) is 0.125. The van der Waals surface area contributed by atoms with E-state index in [1.807, 2.05) is 13.8 Å². The van der Waals surface area contributed by atoms with Crippen LogP contribution in [0.4, 0.5) is 0 Å². The Morgan fingerprint density at radius 3 is 1.36 bits per heavy atom. The molecule has 2 N–H and O–H groups in total. The molecule has 6 nitrogen and oxygen atoms in total. The molecule has 0 aliphatic carbocycles. The molecule has 22 heavy (non-hydrogen) atoms. The molecule has 0 atom stereocenters. The van der Waals surface area contributed by atoms with Crippen LogP contribution in [0.5, 0.6) is 0 Å². The van der Waals surface area contributed by atoms with Crippen molar-refractivity contribution in [1.82, 2.24) is 9.97 Å². The van der Waals surface area contributed by atoms with E-state index in [9.17, 15) is 9.59 Å². The second kappa shape index (κ2) is 6.17. The molecule has 2 aromatic heterocycles. The highest BCUT2D eigenvalue weighted by Crippen LogP contribution is 2.23. The molecule has 2 heterocycles. The van der Waals surface area contributed by atoms with E-state index in [0.717, 1.165) is 0 Å². The first kappa shape index (κ1) is 15.4. The predicted molar refractivity (Wildman–Crippen MR) is 82.3 cm³/mol. The lowest BCUT2D eigenvalue weighted by atomic mass is 10.1. The molecule has 0 fully saturated rings. The molecule has 0 radical (unpaired) electrons. The van der Waals surface area contributed by atoms with Crippen LogP contribution < -0.4 is 0 Å². The quantitative estimate of drug-likeness (QED) is 0.704. The first-order valence-corrected chi connectivity index (χ1v) is 6.73. The third-order valence-electron chi connectivity index (χ3n) is 2.96. The first-order valence-electron chi connectivity index (χ1n) is 6.73. The van der Waals surface area contributed by atoms with Gasteiger partial charge in [-0.3, -0.25) is 0 Å². The van der Waals surface area contributed by atoms with Crippen LogP contribution in [0, 0.1) is 0 Å². The summed E-state index contributed by atoms with van der Waals surface area (Å²) < 4.78 is 0. The number of aromatic carboxylic acids is 2. The maximum Gasteiger partial charge on any atom is 0.354 e. The Labute approximate surface area is 126 Å². The Balaban J connectivity index is 0.000000847. The largest absolute Gasteiger partial charge is 0.477 e. The number of aromatic nitrogens is 2. The van der Waals surface area contributed by atoms with Gasteiger partial charge < -0.3 is 10.2 Å². The lowest BCUT2D eigenvalue weighted by Gasteiger charge is -2.04. The van der Waals surface area contributed by atoms with Gasteiger partial charge in [-0.15, -0.1) is 0 Å². The van der Waals surface area contributed by atoms with Gasteiger partial charge >= 0.3 is 11.9 Å². The normalized spacial score (nSPS) is 10.1. The Hall–Kier alpha value is -3.02. The van der Waals surface area contributed by atoms with Gasteiger partial charge in [-0.2, -0.15) is 0 Å². The van der Waals surface area contributed by atoms with E-state index in [0.29, 0.717) is 21.8 Å². The molecule has 0 spiro atoms. The van der Waals surface area contributed by atoms with Crippen LogP contribution in [0.15, 0.2) is 36.4 Å². The lowest BCUT2D eigenvalue weighted by Crippen LogP contribution is -2.02. The van der Waals surface area contributed by atoms with Gasteiger partial charge in [0.25, 0.3) is 0 Å². The van der Waals surface area contributed by atoms with Crippen molar-refractivity contribution in [3.8, 4) is 0 Å². The van der Waals surface area contributed by atoms with Gasteiger partial charge in [0.1, 0.15) is 11.4 Å². The number of carboxylic acids is 2. The van der Waals surface area contributed by atoms with Gasteiger partial charge in [0.2, 0.25) is 0 Å². The van der Waals surface area contributed by atoms with E-state index in [1.54, 1.807) is 24.3 Å². The second-order valence-corrected chi connectivity index (χ2v) is 4.21. The van der Waals surface area contributed by atoms with Crippen LogP contribution in [0.25, 0.3) is 21.8 Å². The van der Waals surface area contributed by atoms with Crippen molar-refractivity contribution in [2.45, 2.75) is 13.8 Å². The van der Waals surface area contributed by atoms with Gasteiger partial charge in [-0.1, -0.05) is 38.1 Å². The van der Waals surface area contributed by atoms with E-state index in [2.05, 4.69) is 9.97 Å². The minimum absolute atomic E-state index is 0.104. The standard InChI is InChI=1S/C14H8N2O4.C2H6/c17-13(18)9-5-3-7-1-2-8-4-6-10(14(19)20)16-12(8)11(7)15-9;1-2/h1-6H,(H,17,18)(H,19,20);1-2H3.